The van der Waals surface area contributed by atoms with E-state index in [0.29, 0.717) is 23.9 Å². The summed E-state index contributed by atoms with van der Waals surface area (Å²) >= 11 is 6.70. The van der Waals surface area contributed by atoms with E-state index < -0.39 is 0 Å². The van der Waals surface area contributed by atoms with E-state index in [0.717, 1.165) is 12.0 Å². The Kier molecular flexibility index (Phi) is 4.81. The molecule has 0 amide bonds. The molecule has 2 heterocycles. The van der Waals surface area contributed by atoms with Crippen LogP contribution in [0.5, 0.6) is 0 Å². The van der Waals surface area contributed by atoms with Gasteiger partial charge in [0.1, 0.15) is 10.7 Å². The van der Waals surface area contributed by atoms with Crippen molar-refractivity contribution >= 4 is 28.5 Å². The first kappa shape index (κ1) is 13.1. The lowest BCUT2D eigenvalue weighted by Gasteiger charge is -2.07. The zero-order chi connectivity index (χ0) is 12.8. The Morgan fingerprint density at radius 2 is 2.28 bits per heavy atom. The molecule has 94 valence electrons. The third-order valence-corrected chi connectivity index (χ3v) is 3.58. The summed E-state index contributed by atoms with van der Waals surface area (Å²) in [4.78, 5) is 5.80. The van der Waals surface area contributed by atoms with E-state index in [1.807, 2.05) is 18.2 Å². The van der Waals surface area contributed by atoms with Crippen molar-refractivity contribution in [3.05, 3.63) is 52.0 Å². The number of pyridine rings is 1. The average Bonchev–Trinajstić information content (AvgIpc) is 2.88. The predicted octanol–water partition coefficient (Wildman–Crippen LogP) is 2.54. The van der Waals surface area contributed by atoms with Crippen molar-refractivity contribution in [2.45, 2.75) is 13.0 Å². The van der Waals surface area contributed by atoms with Crippen LogP contribution in [0.4, 0.5) is 0 Å². The normalized spacial score (nSPS) is 10.4. The van der Waals surface area contributed by atoms with Crippen molar-refractivity contribution in [2.24, 2.45) is 5.73 Å². The van der Waals surface area contributed by atoms with Crippen molar-refractivity contribution < 1.29 is 4.74 Å². The van der Waals surface area contributed by atoms with Gasteiger partial charge in [-0.25, -0.2) is 0 Å². The van der Waals surface area contributed by atoms with E-state index in [1.165, 1.54) is 4.88 Å². The van der Waals surface area contributed by atoms with E-state index in [4.69, 9.17) is 22.7 Å². The Morgan fingerprint density at radius 1 is 1.39 bits per heavy atom. The van der Waals surface area contributed by atoms with Crippen LogP contribution in [0.1, 0.15) is 16.1 Å². The van der Waals surface area contributed by atoms with Crippen LogP contribution in [0.15, 0.2) is 35.8 Å². The fourth-order valence-corrected chi connectivity index (χ4v) is 2.46. The van der Waals surface area contributed by atoms with Gasteiger partial charge in [-0.3, -0.25) is 4.98 Å². The first-order valence-corrected chi connectivity index (χ1v) is 6.90. The molecule has 0 radical (unpaired) electrons. The van der Waals surface area contributed by atoms with Crippen molar-refractivity contribution in [2.75, 3.05) is 6.61 Å². The van der Waals surface area contributed by atoms with Gasteiger partial charge in [-0.2, -0.15) is 0 Å². The van der Waals surface area contributed by atoms with Gasteiger partial charge in [0.05, 0.1) is 13.2 Å². The Labute approximate surface area is 116 Å². The number of thiocarbonyl (C=S) groups is 1. The molecule has 0 fully saturated rings. The van der Waals surface area contributed by atoms with Crippen molar-refractivity contribution in [1.82, 2.24) is 4.98 Å². The van der Waals surface area contributed by atoms with Gasteiger partial charge >= 0.3 is 0 Å². The van der Waals surface area contributed by atoms with E-state index in [9.17, 15) is 0 Å². The molecule has 2 rings (SSSR count). The summed E-state index contributed by atoms with van der Waals surface area (Å²) in [6.07, 6.45) is 2.62. The van der Waals surface area contributed by atoms with Crippen LogP contribution in [-0.4, -0.2) is 16.6 Å². The topological polar surface area (TPSA) is 48.1 Å². The summed E-state index contributed by atoms with van der Waals surface area (Å²) in [7, 11) is 0. The molecule has 3 nitrogen and oxygen atoms in total. The number of rotatable bonds is 6. The number of hydrogen-bond donors (Lipinski definition) is 1. The quantitative estimate of drug-likeness (QED) is 0.651. The molecule has 0 atom stereocenters. The van der Waals surface area contributed by atoms with E-state index >= 15 is 0 Å². The number of nitrogens with zero attached hydrogens (tertiary/aromatic N) is 1. The summed E-state index contributed by atoms with van der Waals surface area (Å²) in [5, 5.41) is 2.07. The van der Waals surface area contributed by atoms with Crippen molar-refractivity contribution in [3.8, 4) is 0 Å². The molecule has 2 N–H and O–H groups in total. The zero-order valence-corrected chi connectivity index (χ0v) is 11.5. The van der Waals surface area contributed by atoms with Gasteiger partial charge in [0.15, 0.2) is 0 Å². The molecule has 0 aliphatic carbocycles. The summed E-state index contributed by atoms with van der Waals surface area (Å²) in [5.74, 6) is 0. The number of hydrogen-bond acceptors (Lipinski definition) is 4. The minimum absolute atomic E-state index is 0.312. The lowest BCUT2D eigenvalue weighted by molar-refractivity contribution is 0.124. The highest BCUT2D eigenvalue weighted by Gasteiger charge is 2.05. The minimum Gasteiger partial charge on any atom is -0.388 e. The molecule has 2 aromatic heterocycles. The Bertz CT molecular complexity index is 511. The highest BCUT2D eigenvalue weighted by molar-refractivity contribution is 7.80. The smallest absolute Gasteiger partial charge is 0.123 e. The van der Waals surface area contributed by atoms with Crippen molar-refractivity contribution in [3.63, 3.8) is 0 Å². The molecule has 0 saturated heterocycles. The average molecular weight is 278 g/mol. The van der Waals surface area contributed by atoms with Crippen LogP contribution in [0.3, 0.4) is 0 Å². The molecule has 0 saturated carbocycles. The predicted molar refractivity (Wildman–Crippen MR) is 77.8 cm³/mol. The van der Waals surface area contributed by atoms with Crippen LogP contribution in [0.2, 0.25) is 0 Å². The molecule has 0 spiro atoms. The molecule has 2 aromatic rings. The van der Waals surface area contributed by atoms with Gasteiger partial charge in [-0.15, -0.1) is 11.3 Å². The third kappa shape index (κ3) is 3.60. The van der Waals surface area contributed by atoms with E-state index in [-0.39, 0.29) is 0 Å². The van der Waals surface area contributed by atoms with Gasteiger partial charge in [-0.05, 0) is 17.5 Å². The van der Waals surface area contributed by atoms with Gasteiger partial charge < -0.3 is 10.5 Å². The van der Waals surface area contributed by atoms with Gasteiger partial charge in [0, 0.05) is 23.1 Å². The first-order chi connectivity index (χ1) is 8.77. The largest absolute Gasteiger partial charge is 0.388 e. The second-order valence-corrected chi connectivity index (χ2v) is 5.23. The molecule has 18 heavy (non-hydrogen) atoms. The molecular weight excluding hydrogens is 264 g/mol. The summed E-state index contributed by atoms with van der Waals surface area (Å²) < 4.78 is 5.64. The molecule has 0 bridgehead atoms. The second kappa shape index (κ2) is 6.58. The minimum atomic E-state index is 0.312. The number of aromatic nitrogens is 1. The Morgan fingerprint density at radius 3 is 3.00 bits per heavy atom. The second-order valence-electron chi connectivity index (χ2n) is 3.76. The van der Waals surface area contributed by atoms with Crippen LogP contribution >= 0.6 is 23.6 Å². The zero-order valence-electron chi connectivity index (χ0n) is 9.83. The Balaban J connectivity index is 1.85. The maximum Gasteiger partial charge on any atom is 0.123 e. The summed E-state index contributed by atoms with van der Waals surface area (Å²) in [6.45, 7) is 1.18. The van der Waals surface area contributed by atoms with Gasteiger partial charge in [0.25, 0.3) is 0 Å². The Hall–Kier alpha value is -1.30. The lowest BCUT2D eigenvalue weighted by Crippen LogP contribution is -2.15. The summed E-state index contributed by atoms with van der Waals surface area (Å²) in [6, 6.07) is 7.96. The van der Waals surface area contributed by atoms with Crippen LogP contribution < -0.4 is 5.73 Å². The summed E-state index contributed by atoms with van der Waals surface area (Å²) in [5.41, 5.74) is 7.21. The molecule has 0 unspecified atom stereocenters. The molecule has 0 aromatic carbocycles. The lowest BCUT2D eigenvalue weighted by atomic mass is 10.2. The molecule has 0 aliphatic heterocycles. The molecule has 5 heteroatoms. The molecule has 0 aliphatic rings. The highest BCUT2D eigenvalue weighted by Crippen LogP contribution is 2.11. The standard InChI is InChI=1S/C13H14N2OS2/c14-13(17)12-10(3-1-6-15-12)9-16-7-5-11-4-2-8-18-11/h1-4,6,8H,5,7,9H2,(H2,14,17). The maximum atomic E-state index is 5.64. The van der Waals surface area contributed by atoms with E-state index in [1.54, 1.807) is 17.5 Å². The number of thiophene rings is 1. The highest BCUT2D eigenvalue weighted by atomic mass is 32.1. The SMILES string of the molecule is NC(=S)c1ncccc1COCCc1cccs1. The fraction of sp³-hybridized carbons (Fsp3) is 0.231. The monoisotopic (exact) mass is 278 g/mol. The fourth-order valence-electron chi connectivity index (χ4n) is 1.59. The van der Waals surface area contributed by atoms with Gasteiger partial charge in [-0.1, -0.05) is 24.4 Å². The molecular formula is C13H14N2OS2. The third-order valence-electron chi connectivity index (χ3n) is 2.46. The number of nitrogens with two attached hydrogens (primary N) is 1. The van der Waals surface area contributed by atoms with Gasteiger partial charge in [0.2, 0.25) is 0 Å². The maximum absolute atomic E-state index is 5.64. The van der Waals surface area contributed by atoms with Crippen LogP contribution in [0, 0.1) is 0 Å². The number of ether oxygens (including phenoxy) is 1. The van der Waals surface area contributed by atoms with Crippen molar-refractivity contribution in [1.29, 1.82) is 0 Å². The van der Waals surface area contributed by atoms with Crippen LogP contribution in [-0.2, 0) is 17.8 Å². The first-order valence-electron chi connectivity index (χ1n) is 5.61. The van der Waals surface area contributed by atoms with E-state index in [2.05, 4.69) is 16.4 Å². The van der Waals surface area contributed by atoms with Crippen LogP contribution in [0.25, 0.3) is 0 Å².